The molecule has 9 aromatic carbocycles. The van der Waals surface area contributed by atoms with E-state index in [1.807, 2.05) is 0 Å². The predicted molar refractivity (Wildman–Crippen MR) is 224 cm³/mol. The molecule has 0 unspecified atom stereocenters. The summed E-state index contributed by atoms with van der Waals surface area (Å²) < 4.78 is 6.93. The summed E-state index contributed by atoms with van der Waals surface area (Å²) in [6.07, 6.45) is 0. The van der Waals surface area contributed by atoms with Gasteiger partial charge in [-0.25, -0.2) is 0 Å². The Labute approximate surface area is 320 Å². The highest BCUT2D eigenvalue weighted by atomic mass is 16.5. The first-order valence-corrected chi connectivity index (χ1v) is 19.2. The molecule has 1 aliphatic heterocycles. The molecule has 256 valence electrons. The van der Waals surface area contributed by atoms with Gasteiger partial charge in [-0.2, -0.15) is 0 Å². The standard InChI is InChI=1S/C54H34O/c1-3-16-38(17-4-1)53(39-18-5-2-6-19-39)48-32-28-35-15-7-8-20-40(35)52(48)43-30-27-36(33-49(43)53)37-29-31-47-51(34-37)55-50-26-14-13-25-46(50)54(47)44-23-11-9-21-41(44)42-22-10-12-24-45(42)54/h1-34H. The molecule has 0 radical (unpaired) electrons. The summed E-state index contributed by atoms with van der Waals surface area (Å²) in [5.41, 5.74) is 16.6. The molecule has 1 heteroatoms. The molecular weight excluding hydrogens is 665 g/mol. The van der Waals surface area contributed by atoms with Crippen molar-refractivity contribution < 1.29 is 4.74 Å². The Balaban J connectivity index is 1.12. The summed E-state index contributed by atoms with van der Waals surface area (Å²) in [7, 11) is 0. The van der Waals surface area contributed by atoms with E-state index in [1.54, 1.807) is 0 Å². The van der Waals surface area contributed by atoms with Gasteiger partial charge < -0.3 is 4.74 Å². The third-order valence-corrected chi connectivity index (χ3v) is 12.6. The van der Waals surface area contributed by atoms with Gasteiger partial charge in [-0.1, -0.05) is 188 Å². The smallest absolute Gasteiger partial charge is 0.132 e. The van der Waals surface area contributed by atoms with Crippen LogP contribution in [0.3, 0.4) is 0 Å². The fourth-order valence-electron chi connectivity index (χ4n) is 10.5. The molecule has 2 aliphatic carbocycles. The molecule has 1 spiro atoms. The van der Waals surface area contributed by atoms with Gasteiger partial charge in [0, 0.05) is 11.1 Å². The molecule has 3 aliphatic rings. The highest BCUT2D eigenvalue weighted by Gasteiger charge is 2.51. The monoisotopic (exact) mass is 698 g/mol. The molecule has 1 heterocycles. The lowest BCUT2D eigenvalue weighted by Crippen LogP contribution is -2.32. The summed E-state index contributed by atoms with van der Waals surface area (Å²) in [4.78, 5) is 0. The maximum absolute atomic E-state index is 6.93. The van der Waals surface area contributed by atoms with E-state index in [4.69, 9.17) is 4.74 Å². The number of ether oxygens (including phenoxy) is 1. The molecule has 0 N–H and O–H groups in total. The van der Waals surface area contributed by atoms with Gasteiger partial charge in [0.1, 0.15) is 11.5 Å². The maximum Gasteiger partial charge on any atom is 0.132 e. The lowest BCUT2D eigenvalue weighted by atomic mass is 9.66. The summed E-state index contributed by atoms with van der Waals surface area (Å²) in [6.45, 7) is 0. The van der Waals surface area contributed by atoms with Gasteiger partial charge >= 0.3 is 0 Å². The Morgan fingerprint density at radius 1 is 0.309 bits per heavy atom. The topological polar surface area (TPSA) is 9.23 Å². The van der Waals surface area contributed by atoms with Gasteiger partial charge in [-0.15, -0.1) is 0 Å². The molecule has 55 heavy (non-hydrogen) atoms. The van der Waals surface area contributed by atoms with Crippen molar-refractivity contribution in [1.29, 1.82) is 0 Å². The van der Waals surface area contributed by atoms with Crippen LogP contribution in [0.1, 0.15) is 44.5 Å². The van der Waals surface area contributed by atoms with Gasteiger partial charge in [0.15, 0.2) is 0 Å². The van der Waals surface area contributed by atoms with E-state index in [0.717, 1.165) is 17.1 Å². The normalized spacial score (nSPS) is 14.6. The molecule has 1 nitrogen and oxygen atoms in total. The van der Waals surface area contributed by atoms with Gasteiger partial charge in [-0.3, -0.25) is 0 Å². The van der Waals surface area contributed by atoms with Crippen molar-refractivity contribution >= 4 is 10.8 Å². The van der Waals surface area contributed by atoms with Crippen LogP contribution in [0.25, 0.3) is 44.2 Å². The van der Waals surface area contributed by atoms with E-state index in [1.165, 1.54) is 83.1 Å². The molecule has 0 saturated heterocycles. The Kier molecular flexibility index (Phi) is 6.25. The Hall–Kier alpha value is -6.96. The quantitative estimate of drug-likeness (QED) is 0.178. The zero-order valence-electron chi connectivity index (χ0n) is 30.0. The first-order chi connectivity index (χ1) is 27.3. The summed E-state index contributed by atoms with van der Waals surface area (Å²) in [5, 5.41) is 2.54. The van der Waals surface area contributed by atoms with Crippen molar-refractivity contribution in [2.75, 3.05) is 0 Å². The second-order valence-corrected chi connectivity index (χ2v) is 15.1. The van der Waals surface area contributed by atoms with Crippen LogP contribution in [0.2, 0.25) is 0 Å². The van der Waals surface area contributed by atoms with Crippen LogP contribution in [-0.2, 0) is 10.8 Å². The lowest BCUT2D eigenvalue weighted by Gasteiger charge is -2.39. The summed E-state index contributed by atoms with van der Waals surface area (Å²) in [6, 6.07) is 76.1. The Bertz CT molecular complexity index is 2930. The third kappa shape index (κ3) is 3.92. The molecule has 0 atom stereocenters. The molecule has 0 saturated carbocycles. The summed E-state index contributed by atoms with van der Waals surface area (Å²) >= 11 is 0. The summed E-state index contributed by atoms with van der Waals surface area (Å²) in [5.74, 6) is 1.80. The van der Waals surface area contributed by atoms with Crippen molar-refractivity contribution in [1.82, 2.24) is 0 Å². The number of fused-ring (bicyclic) bond motifs is 14. The minimum absolute atomic E-state index is 0.480. The molecule has 0 bridgehead atoms. The second kappa shape index (κ2) is 11.3. The van der Waals surface area contributed by atoms with Gasteiger partial charge in [0.25, 0.3) is 0 Å². The van der Waals surface area contributed by atoms with Crippen LogP contribution < -0.4 is 4.74 Å². The number of benzene rings is 9. The number of hydrogen-bond donors (Lipinski definition) is 0. The Morgan fingerprint density at radius 3 is 1.58 bits per heavy atom. The van der Waals surface area contributed by atoms with Crippen molar-refractivity contribution in [3.8, 4) is 44.9 Å². The van der Waals surface area contributed by atoms with Crippen molar-refractivity contribution in [3.63, 3.8) is 0 Å². The fourth-order valence-corrected chi connectivity index (χ4v) is 10.5. The molecule has 9 aromatic rings. The first kappa shape index (κ1) is 30.5. The minimum Gasteiger partial charge on any atom is -0.457 e. The van der Waals surface area contributed by atoms with Gasteiger partial charge in [0.05, 0.1) is 10.8 Å². The number of rotatable bonds is 3. The van der Waals surface area contributed by atoms with Crippen LogP contribution in [0, 0.1) is 0 Å². The zero-order chi connectivity index (χ0) is 36.1. The minimum atomic E-state index is -0.502. The van der Waals surface area contributed by atoms with Crippen molar-refractivity contribution in [2.45, 2.75) is 10.8 Å². The van der Waals surface area contributed by atoms with Crippen LogP contribution in [0.15, 0.2) is 206 Å². The SMILES string of the molecule is c1ccc(C2(c3ccccc3)c3cc(-c4ccc5c(c4)Oc4ccccc4C54c5ccccc5-c5ccccc54)ccc3-c3c2ccc2ccccc32)cc1. The lowest BCUT2D eigenvalue weighted by molar-refractivity contribution is 0.436. The van der Waals surface area contributed by atoms with Crippen LogP contribution in [0.4, 0.5) is 0 Å². The second-order valence-electron chi connectivity index (χ2n) is 15.1. The Morgan fingerprint density at radius 2 is 0.855 bits per heavy atom. The van der Waals surface area contributed by atoms with E-state index in [-0.39, 0.29) is 0 Å². The van der Waals surface area contributed by atoms with Crippen molar-refractivity contribution in [2.24, 2.45) is 0 Å². The van der Waals surface area contributed by atoms with E-state index >= 15 is 0 Å². The van der Waals surface area contributed by atoms with E-state index in [9.17, 15) is 0 Å². The molecule has 0 fully saturated rings. The van der Waals surface area contributed by atoms with Gasteiger partial charge in [-0.05, 0) is 95.7 Å². The molecule has 0 aromatic heterocycles. The predicted octanol–water partition coefficient (Wildman–Crippen LogP) is 13.3. The highest BCUT2D eigenvalue weighted by molar-refractivity contribution is 6.04. The van der Waals surface area contributed by atoms with Crippen molar-refractivity contribution in [3.05, 3.63) is 251 Å². The van der Waals surface area contributed by atoms with E-state index in [2.05, 4.69) is 206 Å². The average Bonchev–Trinajstić information content (AvgIpc) is 3.73. The fraction of sp³-hybridized carbons (Fsp3) is 0.0370. The maximum atomic E-state index is 6.93. The van der Waals surface area contributed by atoms with Crippen LogP contribution in [0.5, 0.6) is 11.5 Å². The number of para-hydroxylation sites is 1. The van der Waals surface area contributed by atoms with Crippen LogP contribution in [-0.4, -0.2) is 0 Å². The largest absolute Gasteiger partial charge is 0.457 e. The average molecular weight is 699 g/mol. The van der Waals surface area contributed by atoms with E-state index in [0.29, 0.717) is 0 Å². The number of hydrogen-bond acceptors (Lipinski definition) is 1. The highest BCUT2D eigenvalue weighted by Crippen LogP contribution is 2.63. The van der Waals surface area contributed by atoms with Crippen LogP contribution >= 0.6 is 0 Å². The molecular formula is C54H34O. The zero-order valence-corrected chi connectivity index (χ0v) is 30.0. The van der Waals surface area contributed by atoms with E-state index < -0.39 is 10.8 Å². The third-order valence-electron chi connectivity index (χ3n) is 12.6. The van der Waals surface area contributed by atoms with Gasteiger partial charge in [0.2, 0.25) is 0 Å². The first-order valence-electron chi connectivity index (χ1n) is 19.2. The molecule has 0 amide bonds. The molecule has 12 rings (SSSR count).